The van der Waals surface area contributed by atoms with Gasteiger partial charge in [0.05, 0.1) is 0 Å². The fourth-order valence-electron chi connectivity index (χ4n) is 3.02. The van der Waals surface area contributed by atoms with Crippen molar-refractivity contribution in [2.45, 2.75) is 25.8 Å². The molecule has 1 aliphatic rings. The highest BCUT2D eigenvalue weighted by molar-refractivity contribution is 5.95. The number of nitrogens with zero attached hydrogens (tertiary/aromatic N) is 2. The molecule has 1 fully saturated rings. The Labute approximate surface area is 142 Å². The van der Waals surface area contributed by atoms with Crippen LogP contribution in [0, 0.1) is 5.92 Å². The number of carbonyl (C=O) groups is 1. The van der Waals surface area contributed by atoms with Gasteiger partial charge in [0.1, 0.15) is 5.75 Å². The van der Waals surface area contributed by atoms with E-state index in [4.69, 9.17) is 10.5 Å². The van der Waals surface area contributed by atoms with E-state index < -0.39 is 0 Å². The topological polar surface area (TPSA) is 68.5 Å². The van der Waals surface area contributed by atoms with Gasteiger partial charge < -0.3 is 15.4 Å². The standard InChI is InChI=1S/C19H23N3O2/c1-14(20)15-7-6-12-22(13-15)19(23)18-17(10-5-11-21-18)24-16-8-3-2-4-9-16/h2-5,8-11,14-15H,6-7,12-13,20H2,1H3. The van der Waals surface area contributed by atoms with Gasteiger partial charge in [0.15, 0.2) is 11.4 Å². The Bertz CT molecular complexity index is 688. The van der Waals surface area contributed by atoms with Gasteiger partial charge >= 0.3 is 0 Å². The second-order valence-electron chi connectivity index (χ2n) is 6.28. The number of carbonyl (C=O) groups excluding carboxylic acids is 1. The predicted molar refractivity (Wildman–Crippen MR) is 93.0 cm³/mol. The normalized spacial score (nSPS) is 18.9. The Morgan fingerprint density at radius 2 is 2.08 bits per heavy atom. The molecule has 24 heavy (non-hydrogen) atoms. The molecular weight excluding hydrogens is 302 g/mol. The zero-order chi connectivity index (χ0) is 16.9. The molecule has 2 atom stereocenters. The maximum absolute atomic E-state index is 12.9. The van der Waals surface area contributed by atoms with Crippen LogP contribution in [0.3, 0.4) is 0 Å². The van der Waals surface area contributed by atoms with Crippen LogP contribution in [0.1, 0.15) is 30.3 Å². The molecule has 0 saturated carbocycles. The summed E-state index contributed by atoms with van der Waals surface area (Å²) in [5, 5.41) is 0. The van der Waals surface area contributed by atoms with Crippen LogP contribution in [0.2, 0.25) is 0 Å². The number of aromatic nitrogens is 1. The van der Waals surface area contributed by atoms with Crippen molar-refractivity contribution >= 4 is 5.91 Å². The van der Waals surface area contributed by atoms with Crippen molar-refractivity contribution in [2.24, 2.45) is 11.7 Å². The van der Waals surface area contributed by atoms with Gasteiger partial charge in [-0.05, 0) is 49.9 Å². The Hall–Kier alpha value is -2.40. The van der Waals surface area contributed by atoms with Crippen LogP contribution in [-0.4, -0.2) is 34.9 Å². The van der Waals surface area contributed by atoms with E-state index in [2.05, 4.69) is 4.98 Å². The summed E-state index contributed by atoms with van der Waals surface area (Å²) < 4.78 is 5.86. The third-order valence-electron chi connectivity index (χ3n) is 4.43. The van der Waals surface area contributed by atoms with Crippen LogP contribution in [0.4, 0.5) is 0 Å². The Morgan fingerprint density at radius 1 is 1.29 bits per heavy atom. The lowest BCUT2D eigenvalue weighted by Gasteiger charge is -2.34. The zero-order valence-corrected chi connectivity index (χ0v) is 13.9. The van der Waals surface area contributed by atoms with Crippen LogP contribution in [0.5, 0.6) is 11.5 Å². The lowest BCUT2D eigenvalue weighted by Crippen LogP contribution is -2.45. The van der Waals surface area contributed by atoms with Crippen molar-refractivity contribution in [2.75, 3.05) is 13.1 Å². The van der Waals surface area contributed by atoms with Crippen LogP contribution >= 0.6 is 0 Å². The number of ether oxygens (including phenoxy) is 1. The summed E-state index contributed by atoms with van der Waals surface area (Å²) >= 11 is 0. The second kappa shape index (κ2) is 7.45. The minimum absolute atomic E-state index is 0.0874. The summed E-state index contributed by atoms with van der Waals surface area (Å²) in [6.07, 6.45) is 3.66. The summed E-state index contributed by atoms with van der Waals surface area (Å²) in [6.45, 7) is 3.42. The quantitative estimate of drug-likeness (QED) is 0.938. The molecule has 2 unspecified atom stereocenters. The van der Waals surface area contributed by atoms with E-state index in [1.807, 2.05) is 42.2 Å². The summed E-state index contributed by atoms with van der Waals surface area (Å²) in [5.41, 5.74) is 6.38. The third kappa shape index (κ3) is 3.74. The molecule has 2 heterocycles. The molecular formula is C19H23N3O2. The highest BCUT2D eigenvalue weighted by Crippen LogP contribution is 2.26. The van der Waals surface area contributed by atoms with Gasteiger partial charge in [-0.1, -0.05) is 18.2 Å². The maximum Gasteiger partial charge on any atom is 0.276 e. The van der Waals surface area contributed by atoms with Gasteiger partial charge in [0, 0.05) is 25.3 Å². The first-order valence-corrected chi connectivity index (χ1v) is 8.38. The van der Waals surface area contributed by atoms with Crippen molar-refractivity contribution in [1.29, 1.82) is 0 Å². The maximum atomic E-state index is 12.9. The molecule has 0 aliphatic carbocycles. The van der Waals surface area contributed by atoms with Gasteiger partial charge in [0.2, 0.25) is 0 Å². The number of piperidine rings is 1. The fourth-order valence-corrected chi connectivity index (χ4v) is 3.02. The van der Waals surface area contributed by atoms with Gasteiger partial charge in [-0.25, -0.2) is 4.98 Å². The molecule has 3 rings (SSSR count). The average Bonchev–Trinajstić information content (AvgIpc) is 2.62. The highest BCUT2D eigenvalue weighted by Gasteiger charge is 2.28. The first kappa shape index (κ1) is 16.5. The van der Waals surface area contributed by atoms with Gasteiger partial charge in [-0.3, -0.25) is 4.79 Å². The molecule has 0 bridgehead atoms. The number of hydrogen-bond donors (Lipinski definition) is 1. The molecule has 1 aromatic heterocycles. The number of benzene rings is 1. The first-order chi connectivity index (χ1) is 11.6. The summed E-state index contributed by atoms with van der Waals surface area (Å²) in [7, 11) is 0. The Balaban J connectivity index is 1.80. The highest BCUT2D eigenvalue weighted by atomic mass is 16.5. The monoisotopic (exact) mass is 325 g/mol. The van der Waals surface area contributed by atoms with Gasteiger partial charge in [0.25, 0.3) is 5.91 Å². The molecule has 1 aliphatic heterocycles. The summed E-state index contributed by atoms with van der Waals surface area (Å²) in [6, 6.07) is 13.1. The molecule has 2 aromatic rings. The average molecular weight is 325 g/mol. The minimum Gasteiger partial charge on any atom is -0.455 e. The van der Waals surface area contributed by atoms with Crippen LogP contribution in [0.25, 0.3) is 0 Å². The largest absolute Gasteiger partial charge is 0.455 e. The smallest absolute Gasteiger partial charge is 0.276 e. The number of nitrogens with two attached hydrogens (primary N) is 1. The molecule has 2 N–H and O–H groups in total. The van der Waals surface area contributed by atoms with E-state index in [1.165, 1.54) is 0 Å². The number of likely N-dealkylation sites (tertiary alicyclic amines) is 1. The van der Waals surface area contributed by atoms with Crippen LogP contribution < -0.4 is 10.5 Å². The molecule has 1 saturated heterocycles. The molecule has 1 amide bonds. The van der Waals surface area contributed by atoms with E-state index >= 15 is 0 Å². The van der Waals surface area contributed by atoms with E-state index in [0.717, 1.165) is 19.4 Å². The van der Waals surface area contributed by atoms with E-state index in [-0.39, 0.29) is 11.9 Å². The van der Waals surface area contributed by atoms with Crippen molar-refractivity contribution in [3.8, 4) is 11.5 Å². The SMILES string of the molecule is CC(N)C1CCCN(C(=O)c2ncccc2Oc2ccccc2)C1. The van der Waals surface area contributed by atoms with E-state index in [9.17, 15) is 4.79 Å². The van der Waals surface area contributed by atoms with Gasteiger partial charge in [-0.2, -0.15) is 0 Å². The van der Waals surface area contributed by atoms with Crippen LogP contribution in [-0.2, 0) is 0 Å². The Morgan fingerprint density at radius 3 is 2.83 bits per heavy atom. The lowest BCUT2D eigenvalue weighted by atomic mass is 9.92. The molecule has 5 nitrogen and oxygen atoms in total. The number of amides is 1. The minimum atomic E-state index is -0.0909. The lowest BCUT2D eigenvalue weighted by molar-refractivity contribution is 0.0652. The fraction of sp³-hybridized carbons (Fsp3) is 0.368. The number of hydrogen-bond acceptors (Lipinski definition) is 4. The molecule has 5 heteroatoms. The van der Waals surface area contributed by atoms with Crippen molar-refractivity contribution in [3.63, 3.8) is 0 Å². The zero-order valence-electron chi connectivity index (χ0n) is 13.9. The summed E-state index contributed by atoms with van der Waals surface area (Å²) in [5.74, 6) is 1.42. The van der Waals surface area contributed by atoms with Crippen LogP contribution in [0.15, 0.2) is 48.7 Å². The third-order valence-corrected chi connectivity index (χ3v) is 4.43. The summed E-state index contributed by atoms with van der Waals surface area (Å²) in [4.78, 5) is 19.0. The van der Waals surface area contributed by atoms with Crippen molar-refractivity contribution < 1.29 is 9.53 Å². The Kier molecular flexibility index (Phi) is 5.11. The van der Waals surface area contributed by atoms with Crippen molar-refractivity contribution in [3.05, 3.63) is 54.4 Å². The molecule has 126 valence electrons. The number of rotatable bonds is 4. The number of pyridine rings is 1. The molecule has 0 radical (unpaired) electrons. The number of para-hydroxylation sites is 1. The molecule has 1 aromatic carbocycles. The predicted octanol–water partition coefficient (Wildman–Crippen LogP) is 3.07. The second-order valence-corrected chi connectivity index (χ2v) is 6.28. The van der Waals surface area contributed by atoms with Crippen molar-refractivity contribution in [1.82, 2.24) is 9.88 Å². The van der Waals surface area contributed by atoms with E-state index in [1.54, 1.807) is 18.3 Å². The van der Waals surface area contributed by atoms with E-state index in [0.29, 0.717) is 29.7 Å². The van der Waals surface area contributed by atoms with Gasteiger partial charge in [-0.15, -0.1) is 0 Å². The molecule has 0 spiro atoms. The first-order valence-electron chi connectivity index (χ1n) is 8.38.